The molecule has 2 aliphatic rings. The van der Waals surface area contributed by atoms with Crippen molar-refractivity contribution in [3.8, 4) is 0 Å². The quantitative estimate of drug-likeness (QED) is 0.475. The summed E-state index contributed by atoms with van der Waals surface area (Å²) in [6.45, 7) is 1.85. The fourth-order valence-corrected chi connectivity index (χ4v) is 4.59. The van der Waals surface area contributed by atoms with Gasteiger partial charge in [-0.2, -0.15) is 0 Å². The number of epoxide rings is 1. The molecule has 0 spiro atoms. The number of benzene rings is 3. The molecule has 1 aliphatic heterocycles. The second-order valence-corrected chi connectivity index (χ2v) is 8.74. The Morgan fingerprint density at radius 2 is 1.09 bits per heavy atom. The van der Waals surface area contributed by atoms with Gasteiger partial charge in [-0.25, -0.2) is 0 Å². The zero-order chi connectivity index (χ0) is 22.5. The van der Waals surface area contributed by atoms with E-state index in [1.54, 1.807) is 0 Å². The van der Waals surface area contributed by atoms with Crippen LogP contribution < -0.4 is 0 Å². The van der Waals surface area contributed by atoms with Crippen LogP contribution in [0.2, 0.25) is 0 Å². The minimum absolute atomic E-state index is 0.0217. The van der Waals surface area contributed by atoms with Crippen LogP contribution in [0.5, 0.6) is 0 Å². The summed E-state index contributed by atoms with van der Waals surface area (Å²) in [6, 6.07) is 30.2. The predicted octanol–water partition coefficient (Wildman–Crippen LogP) is 4.13. The van der Waals surface area contributed by atoms with Gasteiger partial charge < -0.3 is 24.1 Å². The third kappa shape index (κ3) is 5.52. The highest BCUT2D eigenvalue weighted by Crippen LogP contribution is 2.44. The maximum atomic E-state index is 11.0. The number of rotatable bonds is 10. The van der Waals surface area contributed by atoms with Gasteiger partial charge in [0.15, 0.2) is 0 Å². The van der Waals surface area contributed by atoms with Crippen LogP contribution in [-0.4, -0.2) is 42.2 Å². The molecule has 0 bridgehead atoms. The van der Waals surface area contributed by atoms with Crippen LogP contribution in [-0.2, 0) is 38.8 Å². The number of fused-ring (bicyclic) bond motifs is 1. The zero-order valence-electron chi connectivity index (χ0n) is 18.5. The zero-order valence-corrected chi connectivity index (χ0v) is 18.5. The van der Waals surface area contributed by atoms with Crippen molar-refractivity contribution in [2.45, 2.75) is 50.3 Å². The van der Waals surface area contributed by atoms with Crippen molar-refractivity contribution >= 4 is 0 Å². The molecule has 5 rings (SSSR count). The van der Waals surface area contributed by atoms with E-state index in [1.807, 2.05) is 78.9 Å². The van der Waals surface area contributed by atoms with E-state index in [4.69, 9.17) is 18.9 Å². The smallest absolute Gasteiger partial charge is 0.113 e. The highest BCUT2D eigenvalue weighted by atomic mass is 16.6. The molecule has 33 heavy (non-hydrogen) atoms. The average Bonchev–Trinajstić information content (AvgIpc) is 3.67. The van der Waals surface area contributed by atoms with Crippen molar-refractivity contribution in [3.63, 3.8) is 0 Å². The summed E-state index contributed by atoms with van der Waals surface area (Å²) in [5.74, 6) is -0.0217. The molecule has 6 atom stereocenters. The van der Waals surface area contributed by atoms with E-state index in [0.717, 1.165) is 16.7 Å². The predicted molar refractivity (Wildman–Crippen MR) is 124 cm³/mol. The molecule has 3 aromatic rings. The molecule has 0 unspecified atom stereocenters. The number of hydrogen-bond acceptors (Lipinski definition) is 5. The molecule has 3 aromatic carbocycles. The maximum absolute atomic E-state index is 11.0. The van der Waals surface area contributed by atoms with Crippen LogP contribution in [0, 0.1) is 5.92 Å². The number of ether oxygens (including phenoxy) is 4. The number of aliphatic hydroxyl groups excluding tert-OH is 1. The minimum Gasteiger partial charge on any atom is -0.387 e. The topological polar surface area (TPSA) is 60.5 Å². The van der Waals surface area contributed by atoms with E-state index in [9.17, 15) is 5.11 Å². The first-order valence-corrected chi connectivity index (χ1v) is 11.6. The molecule has 5 heteroatoms. The fourth-order valence-electron chi connectivity index (χ4n) is 4.59. The normalized spacial score (nSPS) is 28.3. The second-order valence-electron chi connectivity index (χ2n) is 8.74. The van der Waals surface area contributed by atoms with Crippen molar-refractivity contribution in [1.82, 2.24) is 0 Å². The van der Waals surface area contributed by atoms with E-state index in [2.05, 4.69) is 12.1 Å². The van der Waals surface area contributed by atoms with E-state index in [-0.39, 0.29) is 24.2 Å². The van der Waals surface area contributed by atoms with Crippen LogP contribution in [0.1, 0.15) is 16.7 Å². The summed E-state index contributed by atoms with van der Waals surface area (Å²) in [5, 5.41) is 11.0. The lowest BCUT2D eigenvalue weighted by atomic mass is 9.82. The van der Waals surface area contributed by atoms with Gasteiger partial charge in [0.25, 0.3) is 0 Å². The highest BCUT2D eigenvalue weighted by molar-refractivity contribution is 5.16. The summed E-state index contributed by atoms with van der Waals surface area (Å²) >= 11 is 0. The van der Waals surface area contributed by atoms with E-state index in [1.165, 1.54) is 0 Å². The monoisotopic (exact) mass is 446 g/mol. The van der Waals surface area contributed by atoms with E-state index < -0.39 is 12.2 Å². The van der Waals surface area contributed by atoms with Crippen LogP contribution in [0.3, 0.4) is 0 Å². The fraction of sp³-hybridized carbons (Fsp3) is 0.357. The van der Waals surface area contributed by atoms with Crippen LogP contribution in [0.4, 0.5) is 0 Å². The maximum Gasteiger partial charge on any atom is 0.113 e. The molecule has 0 amide bonds. The lowest BCUT2D eigenvalue weighted by Gasteiger charge is -2.38. The van der Waals surface area contributed by atoms with E-state index in [0.29, 0.717) is 26.4 Å². The summed E-state index contributed by atoms with van der Waals surface area (Å²) in [7, 11) is 0. The largest absolute Gasteiger partial charge is 0.387 e. The first-order chi connectivity index (χ1) is 16.3. The second kappa shape index (κ2) is 10.6. The van der Waals surface area contributed by atoms with Gasteiger partial charge >= 0.3 is 0 Å². The van der Waals surface area contributed by atoms with Gasteiger partial charge in [0.2, 0.25) is 0 Å². The summed E-state index contributed by atoms with van der Waals surface area (Å²) in [5.41, 5.74) is 3.26. The Hall–Kier alpha value is -2.54. The van der Waals surface area contributed by atoms with Crippen molar-refractivity contribution in [3.05, 3.63) is 108 Å². The van der Waals surface area contributed by atoms with Crippen molar-refractivity contribution < 1.29 is 24.1 Å². The third-order valence-electron chi connectivity index (χ3n) is 6.39. The molecular weight excluding hydrogens is 416 g/mol. The Balaban J connectivity index is 1.29. The molecule has 0 radical (unpaired) electrons. The molecular formula is C28H30O5. The molecule has 2 fully saturated rings. The lowest BCUT2D eigenvalue weighted by Crippen LogP contribution is -2.54. The Kier molecular flexibility index (Phi) is 7.15. The van der Waals surface area contributed by atoms with Gasteiger partial charge in [-0.05, 0) is 16.7 Å². The number of aliphatic hydroxyl groups is 1. The number of hydrogen-bond donors (Lipinski definition) is 1. The van der Waals surface area contributed by atoms with Crippen molar-refractivity contribution in [2.75, 3.05) is 6.61 Å². The summed E-state index contributed by atoms with van der Waals surface area (Å²) < 4.78 is 24.6. The molecule has 172 valence electrons. The highest BCUT2D eigenvalue weighted by Gasteiger charge is 2.61. The lowest BCUT2D eigenvalue weighted by molar-refractivity contribution is -0.170. The Bertz CT molecular complexity index is 981. The van der Waals surface area contributed by atoms with Crippen molar-refractivity contribution in [2.24, 2.45) is 5.92 Å². The minimum atomic E-state index is -0.732. The average molecular weight is 447 g/mol. The Labute approximate surface area is 194 Å². The first kappa shape index (κ1) is 22.3. The van der Waals surface area contributed by atoms with Gasteiger partial charge in [-0.1, -0.05) is 91.0 Å². The van der Waals surface area contributed by atoms with Crippen LogP contribution >= 0.6 is 0 Å². The van der Waals surface area contributed by atoms with Gasteiger partial charge in [0.05, 0.1) is 38.6 Å². The molecule has 1 saturated heterocycles. The summed E-state index contributed by atoms with van der Waals surface area (Å²) in [4.78, 5) is 0. The first-order valence-electron chi connectivity index (χ1n) is 11.6. The van der Waals surface area contributed by atoms with Crippen molar-refractivity contribution in [1.29, 1.82) is 0 Å². The molecule has 1 heterocycles. The van der Waals surface area contributed by atoms with Gasteiger partial charge in [0, 0.05) is 5.92 Å². The van der Waals surface area contributed by atoms with E-state index >= 15 is 0 Å². The molecule has 0 aromatic heterocycles. The Morgan fingerprint density at radius 3 is 1.64 bits per heavy atom. The molecule has 5 nitrogen and oxygen atoms in total. The van der Waals surface area contributed by atoms with Crippen LogP contribution in [0.25, 0.3) is 0 Å². The third-order valence-corrected chi connectivity index (χ3v) is 6.39. The van der Waals surface area contributed by atoms with Gasteiger partial charge in [-0.15, -0.1) is 0 Å². The standard InChI is InChI=1S/C28H30O5/c29-24-27(32-18-22-14-8-3-9-15-22)25(31-17-21-12-6-2-7-13-21)23(26-28(24)33-26)19-30-16-20-10-4-1-5-11-20/h1-15,23-29H,16-19H2/t23-,24+,25-,26-,27-,28+/m1/s1. The van der Waals surface area contributed by atoms with Gasteiger partial charge in [-0.3, -0.25) is 0 Å². The summed E-state index contributed by atoms with van der Waals surface area (Å²) in [6.07, 6.45) is -1.88. The molecule has 1 saturated carbocycles. The Morgan fingerprint density at radius 1 is 0.606 bits per heavy atom. The van der Waals surface area contributed by atoms with Crippen LogP contribution in [0.15, 0.2) is 91.0 Å². The van der Waals surface area contributed by atoms with Gasteiger partial charge in [0.1, 0.15) is 18.3 Å². The SMILES string of the molecule is O[C@H]1[C@@H](OCc2ccccc2)[C@H](OCc2ccccc2)[C@@H](COCc2ccccc2)[C@H]2O[C@@H]12. The molecule has 1 aliphatic carbocycles. The molecule has 1 N–H and O–H groups in total.